The van der Waals surface area contributed by atoms with Gasteiger partial charge in [0.2, 0.25) is 0 Å². The molecule has 1 aliphatic heterocycles. The van der Waals surface area contributed by atoms with Crippen LogP contribution in [-0.4, -0.2) is 24.5 Å². The molecule has 4 heteroatoms. The van der Waals surface area contributed by atoms with Crippen LogP contribution in [0.5, 0.6) is 0 Å². The highest BCUT2D eigenvalue weighted by atomic mass is 16.6. The minimum atomic E-state index is -0.581. The maximum Gasteiger partial charge on any atom is 0.345 e. The van der Waals surface area contributed by atoms with E-state index in [0.29, 0.717) is 5.56 Å². The van der Waals surface area contributed by atoms with Gasteiger partial charge in [-0.05, 0) is 31.5 Å². The molecule has 0 aliphatic carbocycles. The molecule has 1 unspecified atom stereocenters. The Morgan fingerprint density at radius 3 is 2.59 bits per heavy atom. The molecule has 1 aromatic carbocycles. The molecule has 0 radical (unpaired) electrons. The molecule has 0 spiro atoms. The highest BCUT2D eigenvalue weighted by Crippen LogP contribution is 2.10. The van der Waals surface area contributed by atoms with Crippen molar-refractivity contribution in [2.24, 2.45) is 0 Å². The van der Waals surface area contributed by atoms with E-state index in [4.69, 9.17) is 4.74 Å². The molecule has 1 atom stereocenters. The lowest BCUT2D eigenvalue weighted by atomic mass is 10.1. The van der Waals surface area contributed by atoms with Gasteiger partial charge in [-0.1, -0.05) is 24.6 Å². The van der Waals surface area contributed by atoms with Crippen molar-refractivity contribution in [2.45, 2.75) is 25.3 Å². The quantitative estimate of drug-likeness (QED) is 0.621. The molecule has 4 nitrogen and oxygen atoms in total. The van der Waals surface area contributed by atoms with Gasteiger partial charge >= 0.3 is 11.9 Å². The first-order valence-electron chi connectivity index (χ1n) is 5.82. The molecule has 0 amide bonds. The second-order valence-corrected chi connectivity index (χ2v) is 4.08. The summed E-state index contributed by atoms with van der Waals surface area (Å²) in [5.74, 6) is -1.05. The topological polar surface area (TPSA) is 55.4 Å². The van der Waals surface area contributed by atoms with E-state index in [9.17, 15) is 9.59 Å². The third kappa shape index (κ3) is 3.14. The summed E-state index contributed by atoms with van der Waals surface area (Å²) in [4.78, 5) is 23.3. The van der Waals surface area contributed by atoms with Crippen LogP contribution in [0.2, 0.25) is 0 Å². The largest absolute Gasteiger partial charge is 0.388 e. The lowest BCUT2D eigenvalue weighted by molar-refractivity contribution is -0.140. The van der Waals surface area contributed by atoms with E-state index >= 15 is 0 Å². The van der Waals surface area contributed by atoms with Gasteiger partial charge in [-0.15, -0.1) is 0 Å². The van der Waals surface area contributed by atoms with E-state index in [0.717, 1.165) is 25.8 Å². The number of hydrogen-bond donors (Lipinski definition) is 1. The van der Waals surface area contributed by atoms with Gasteiger partial charge < -0.3 is 10.1 Å². The van der Waals surface area contributed by atoms with E-state index in [2.05, 4.69) is 5.32 Å². The zero-order chi connectivity index (χ0) is 12.1. The van der Waals surface area contributed by atoms with Crippen molar-refractivity contribution in [3.8, 4) is 0 Å². The number of esters is 2. The third-order valence-electron chi connectivity index (χ3n) is 2.80. The number of rotatable bonds is 2. The van der Waals surface area contributed by atoms with Crippen LogP contribution in [0.25, 0.3) is 0 Å². The average Bonchev–Trinajstić information content (AvgIpc) is 2.40. The molecule has 0 saturated carbocycles. The number of carbonyl (C=O) groups is 2. The summed E-state index contributed by atoms with van der Waals surface area (Å²) in [5.41, 5.74) is 0.400. The second kappa shape index (κ2) is 5.59. The van der Waals surface area contributed by atoms with Crippen LogP contribution in [-0.2, 0) is 9.53 Å². The molecule has 2 rings (SSSR count). The smallest absolute Gasteiger partial charge is 0.345 e. The summed E-state index contributed by atoms with van der Waals surface area (Å²) >= 11 is 0. The van der Waals surface area contributed by atoms with Crippen molar-refractivity contribution in [3.05, 3.63) is 35.9 Å². The Hall–Kier alpha value is -1.68. The monoisotopic (exact) mass is 233 g/mol. The SMILES string of the molecule is O=C(OC(=O)C1CCCCN1)c1ccccc1. The van der Waals surface area contributed by atoms with E-state index in [1.807, 2.05) is 0 Å². The minimum absolute atomic E-state index is 0.337. The van der Waals surface area contributed by atoms with Crippen molar-refractivity contribution in [1.29, 1.82) is 0 Å². The molecule has 90 valence electrons. The average molecular weight is 233 g/mol. The van der Waals surface area contributed by atoms with Crippen LogP contribution in [0, 0.1) is 0 Å². The first kappa shape index (κ1) is 11.8. The molecule has 1 N–H and O–H groups in total. The van der Waals surface area contributed by atoms with Crippen molar-refractivity contribution in [2.75, 3.05) is 6.54 Å². The molecule has 1 heterocycles. The zero-order valence-electron chi connectivity index (χ0n) is 9.52. The third-order valence-corrected chi connectivity index (χ3v) is 2.80. The van der Waals surface area contributed by atoms with Crippen LogP contribution in [0.1, 0.15) is 29.6 Å². The standard InChI is InChI=1S/C13H15NO3/c15-12(10-6-2-1-3-7-10)17-13(16)11-8-4-5-9-14-11/h1-3,6-7,11,14H,4-5,8-9H2. The van der Waals surface area contributed by atoms with Gasteiger partial charge in [0.1, 0.15) is 6.04 Å². The molecule has 1 aliphatic rings. The normalized spacial score (nSPS) is 19.6. The lowest BCUT2D eigenvalue weighted by Crippen LogP contribution is -2.42. The Bertz CT molecular complexity index is 396. The molecule has 0 aromatic heterocycles. The van der Waals surface area contributed by atoms with Gasteiger partial charge in [0.25, 0.3) is 0 Å². The molecule has 0 bridgehead atoms. The van der Waals surface area contributed by atoms with Crippen LogP contribution >= 0.6 is 0 Å². The van der Waals surface area contributed by atoms with Gasteiger partial charge in [-0.3, -0.25) is 0 Å². The molecular weight excluding hydrogens is 218 g/mol. The van der Waals surface area contributed by atoms with Crippen molar-refractivity contribution in [1.82, 2.24) is 5.32 Å². The number of ether oxygens (including phenoxy) is 1. The second-order valence-electron chi connectivity index (χ2n) is 4.08. The van der Waals surface area contributed by atoms with Crippen LogP contribution in [0.3, 0.4) is 0 Å². The van der Waals surface area contributed by atoms with Gasteiger partial charge in [-0.2, -0.15) is 0 Å². The van der Waals surface area contributed by atoms with Gasteiger partial charge in [0.05, 0.1) is 5.56 Å². The van der Waals surface area contributed by atoms with E-state index in [1.54, 1.807) is 30.3 Å². The first-order valence-corrected chi connectivity index (χ1v) is 5.82. The molecule has 1 fully saturated rings. The molecule has 1 aromatic rings. The van der Waals surface area contributed by atoms with Gasteiger partial charge in [-0.25, -0.2) is 9.59 Å². The summed E-state index contributed by atoms with van der Waals surface area (Å²) in [6, 6.07) is 8.20. The van der Waals surface area contributed by atoms with Crippen LogP contribution < -0.4 is 5.32 Å². The summed E-state index contributed by atoms with van der Waals surface area (Å²) < 4.78 is 4.84. The highest BCUT2D eigenvalue weighted by Gasteiger charge is 2.24. The Morgan fingerprint density at radius 1 is 1.18 bits per heavy atom. The fourth-order valence-electron chi connectivity index (χ4n) is 1.85. The number of nitrogens with one attached hydrogen (secondary N) is 1. The maximum atomic E-state index is 11.7. The maximum absolute atomic E-state index is 11.7. The Kier molecular flexibility index (Phi) is 3.88. The predicted octanol–water partition coefficient (Wildman–Crippen LogP) is 1.51. The van der Waals surface area contributed by atoms with E-state index in [-0.39, 0.29) is 6.04 Å². The molecule has 17 heavy (non-hydrogen) atoms. The predicted molar refractivity (Wildman–Crippen MR) is 62.5 cm³/mol. The van der Waals surface area contributed by atoms with Gasteiger partial charge in [0, 0.05) is 0 Å². The first-order chi connectivity index (χ1) is 8.27. The van der Waals surface area contributed by atoms with E-state index < -0.39 is 11.9 Å². The summed E-state index contributed by atoms with van der Waals surface area (Å²) in [6.07, 6.45) is 2.80. The number of piperidine rings is 1. The minimum Gasteiger partial charge on any atom is -0.388 e. The zero-order valence-corrected chi connectivity index (χ0v) is 9.52. The van der Waals surface area contributed by atoms with Crippen molar-refractivity contribution >= 4 is 11.9 Å². The lowest BCUT2D eigenvalue weighted by Gasteiger charge is -2.20. The van der Waals surface area contributed by atoms with Crippen LogP contribution in [0.15, 0.2) is 30.3 Å². The number of benzene rings is 1. The van der Waals surface area contributed by atoms with Crippen LogP contribution in [0.4, 0.5) is 0 Å². The Morgan fingerprint density at radius 2 is 1.94 bits per heavy atom. The Balaban J connectivity index is 1.92. The summed E-state index contributed by atoms with van der Waals surface area (Å²) in [6.45, 7) is 0.805. The summed E-state index contributed by atoms with van der Waals surface area (Å²) in [5, 5.41) is 3.05. The van der Waals surface area contributed by atoms with E-state index in [1.165, 1.54) is 0 Å². The van der Waals surface area contributed by atoms with Crippen molar-refractivity contribution < 1.29 is 14.3 Å². The Labute approximate surface area is 100.0 Å². The number of carbonyl (C=O) groups excluding carboxylic acids is 2. The molecule has 1 saturated heterocycles. The fourth-order valence-corrected chi connectivity index (χ4v) is 1.85. The summed E-state index contributed by atoms with van der Waals surface area (Å²) in [7, 11) is 0. The highest BCUT2D eigenvalue weighted by molar-refractivity contribution is 5.98. The molecular formula is C13H15NO3. The van der Waals surface area contributed by atoms with Gasteiger partial charge in [0.15, 0.2) is 0 Å². The van der Waals surface area contributed by atoms with Crippen molar-refractivity contribution in [3.63, 3.8) is 0 Å². The number of hydrogen-bond acceptors (Lipinski definition) is 4. The fraction of sp³-hybridized carbons (Fsp3) is 0.385.